The third kappa shape index (κ3) is 2.42. The fraction of sp³-hybridized carbons (Fsp3) is 0.714. The molecule has 4 nitrogen and oxygen atoms in total. The summed E-state index contributed by atoms with van der Waals surface area (Å²) in [7, 11) is 0. The van der Waals surface area contributed by atoms with Crippen LogP contribution in [0, 0.1) is 13.8 Å². The Morgan fingerprint density at radius 1 is 1.39 bits per heavy atom. The van der Waals surface area contributed by atoms with Gasteiger partial charge in [0.05, 0.1) is 11.3 Å². The molecule has 1 aliphatic heterocycles. The van der Waals surface area contributed by atoms with E-state index in [0.29, 0.717) is 6.04 Å². The van der Waals surface area contributed by atoms with Crippen LogP contribution in [0.4, 0.5) is 0 Å². The Kier molecular flexibility index (Phi) is 4.04. The number of aromatic amines is 1. The fourth-order valence-corrected chi connectivity index (χ4v) is 2.88. The number of rotatable bonds is 2. The maximum absolute atomic E-state index is 12.7. The van der Waals surface area contributed by atoms with E-state index in [4.69, 9.17) is 0 Å². The van der Waals surface area contributed by atoms with Gasteiger partial charge in [0.2, 0.25) is 0 Å². The maximum atomic E-state index is 12.7. The molecule has 18 heavy (non-hydrogen) atoms. The van der Waals surface area contributed by atoms with Gasteiger partial charge in [0.1, 0.15) is 0 Å². The van der Waals surface area contributed by atoms with Crippen LogP contribution < -0.4 is 0 Å². The van der Waals surface area contributed by atoms with Crippen molar-refractivity contribution in [1.82, 2.24) is 15.1 Å². The third-order valence-corrected chi connectivity index (χ3v) is 3.95. The van der Waals surface area contributed by atoms with Gasteiger partial charge in [-0.25, -0.2) is 0 Å². The SMILES string of the molecule is CCC1CCCCCN1C(=O)c1c(C)n[nH]c1C. The zero-order valence-electron chi connectivity index (χ0n) is 11.6. The molecule has 100 valence electrons. The first-order valence-electron chi connectivity index (χ1n) is 6.97. The zero-order chi connectivity index (χ0) is 13.1. The molecular formula is C14H23N3O. The van der Waals surface area contributed by atoms with Gasteiger partial charge in [-0.15, -0.1) is 0 Å². The summed E-state index contributed by atoms with van der Waals surface area (Å²) in [6.45, 7) is 6.88. The van der Waals surface area contributed by atoms with E-state index in [1.807, 2.05) is 13.8 Å². The summed E-state index contributed by atoms with van der Waals surface area (Å²) in [5.74, 6) is 0.160. The highest BCUT2D eigenvalue weighted by Crippen LogP contribution is 2.23. The number of aryl methyl sites for hydroxylation is 2. The molecule has 1 fully saturated rings. The summed E-state index contributed by atoms with van der Waals surface area (Å²) < 4.78 is 0. The molecule has 2 heterocycles. The molecule has 1 amide bonds. The van der Waals surface area contributed by atoms with Gasteiger partial charge in [-0.3, -0.25) is 9.89 Å². The second-order valence-electron chi connectivity index (χ2n) is 5.22. The van der Waals surface area contributed by atoms with Crippen molar-refractivity contribution in [2.75, 3.05) is 6.54 Å². The van der Waals surface area contributed by atoms with Crippen molar-refractivity contribution in [3.63, 3.8) is 0 Å². The summed E-state index contributed by atoms with van der Waals surface area (Å²) in [6.07, 6.45) is 5.79. The highest BCUT2D eigenvalue weighted by Gasteiger charge is 2.27. The molecule has 1 aliphatic rings. The molecule has 0 aliphatic carbocycles. The van der Waals surface area contributed by atoms with Crippen molar-refractivity contribution < 1.29 is 4.79 Å². The largest absolute Gasteiger partial charge is 0.336 e. The lowest BCUT2D eigenvalue weighted by atomic mass is 10.1. The summed E-state index contributed by atoms with van der Waals surface area (Å²) in [4.78, 5) is 14.8. The van der Waals surface area contributed by atoms with E-state index < -0.39 is 0 Å². The first-order chi connectivity index (χ1) is 8.65. The zero-order valence-corrected chi connectivity index (χ0v) is 11.6. The molecule has 0 saturated carbocycles. The predicted molar refractivity (Wildman–Crippen MR) is 71.6 cm³/mol. The lowest BCUT2D eigenvalue weighted by molar-refractivity contribution is 0.0677. The maximum Gasteiger partial charge on any atom is 0.257 e. The first kappa shape index (κ1) is 13.1. The molecule has 1 aromatic rings. The lowest BCUT2D eigenvalue weighted by Crippen LogP contribution is -2.40. The number of H-pyrrole nitrogens is 1. The summed E-state index contributed by atoms with van der Waals surface area (Å²) >= 11 is 0. The number of hydrogen-bond donors (Lipinski definition) is 1. The van der Waals surface area contributed by atoms with Crippen molar-refractivity contribution in [2.45, 2.75) is 58.9 Å². The molecule has 1 atom stereocenters. The van der Waals surface area contributed by atoms with Gasteiger partial charge in [-0.2, -0.15) is 5.10 Å². The van der Waals surface area contributed by atoms with Crippen molar-refractivity contribution >= 4 is 5.91 Å². The molecule has 1 N–H and O–H groups in total. The Morgan fingerprint density at radius 3 is 2.78 bits per heavy atom. The molecule has 1 unspecified atom stereocenters. The van der Waals surface area contributed by atoms with Crippen LogP contribution in [-0.2, 0) is 0 Å². The Balaban J connectivity index is 2.25. The van der Waals surface area contributed by atoms with Gasteiger partial charge in [-0.1, -0.05) is 19.8 Å². The van der Waals surface area contributed by atoms with Gasteiger partial charge < -0.3 is 4.90 Å². The monoisotopic (exact) mass is 249 g/mol. The van der Waals surface area contributed by atoms with Gasteiger partial charge >= 0.3 is 0 Å². The second-order valence-corrected chi connectivity index (χ2v) is 5.22. The van der Waals surface area contributed by atoms with Gasteiger partial charge in [-0.05, 0) is 33.1 Å². The third-order valence-electron chi connectivity index (χ3n) is 3.95. The van der Waals surface area contributed by atoms with Gasteiger partial charge in [0, 0.05) is 18.3 Å². The average Bonchev–Trinajstić information content (AvgIpc) is 2.57. The number of amides is 1. The molecule has 4 heteroatoms. The van der Waals surface area contributed by atoms with E-state index in [0.717, 1.165) is 42.8 Å². The van der Waals surface area contributed by atoms with Crippen LogP contribution >= 0.6 is 0 Å². The molecule has 0 aromatic carbocycles. The van der Waals surface area contributed by atoms with Gasteiger partial charge in [0.25, 0.3) is 5.91 Å². The molecule has 2 rings (SSSR count). The first-order valence-corrected chi connectivity index (χ1v) is 6.97. The summed E-state index contributed by atoms with van der Waals surface area (Å²) in [5, 5.41) is 7.04. The number of nitrogens with one attached hydrogen (secondary N) is 1. The topological polar surface area (TPSA) is 49.0 Å². The van der Waals surface area contributed by atoms with E-state index in [9.17, 15) is 4.79 Å². The van der Waals surface area contributed by atoms with Crippen LogP contribution in [0.3, 0.4) is 0 Å². The number of hydrogen-bond acceptors (Lipinski definition) is 2. The van der Waals surface area contributed by atoms with E-state index in [-0.39, 0.29) is 5.91 Å². The van der Waals surface area contributed by atoms with Crippen molar-refractivity contribution in [2.24, 2.45) is 0 Å². The molecule has 0 spiro atoms. The molecule has 0 bridgehead atoms. The number of nitrogens with zero attached hydrogens (tertiary/aromatic N) is 2. The Morgan fingerprint density at radius 2 is 2.17 bits per heavy atom. The predicted octanol–water partition coefficient (Wildman–Crippen LogP) is 2.82. The van der Waals surface area contributed by atoms with Crippen molar-refractivity contribution in [3.05, 3.63) is 17.0 Å². The minimum absolute atomic E-state index is 0.160. The molecule has 1 aromatic heterocycles. The minimum atomic E-state index is 0.160. The summed E-state index contributed by atoms with van der Waals surface area (Å²) in [6, 6.07) is 0.397. The molecular weight excluding hydrogens is 226 g/mol. The number of aromatic nitrogens is 2. The number of likely N-dealkylation sites (tertiary alicyclic amines) is 1. The Hall–Kier alpha value is -1.32. The van der Waals surface area contributed by atoms with Crippen LogP contribution in [0.15, 0.2) is 0 Å². The van der Waals surface area contributed by atoms with Crippen LogP contribution in [0.25, 0.3) is 0 Å². The minimum Gasteiger partial charge on any atom is -0.336 e. The van der Waals surface area contributed by atoms with E-state index in [1.165, 1.54) is 12.8 Å². The lowest BCUT2D eigenvalue weighted by Gasteiger charge is -2.29. The van der Waals surface area contributed by atoms with Crippen molar-refractivity contribution in [1.29, 1.82) is 0 Å². The van der Waals surface area contributed by atoms with Gasteiger partial charge in [0.15, 0.2) is 0 Å². The smallest absolute Gasteiger partial charge is 0.257 e. The van der Waals surface area contributed by atoms with Crippen LogP contribution in [0.1, 0.15) is 60.8 Å². The molecule has 1 saturated heterocycles. The molecule has 0 radical (unpaired) electrons. The van der Waals surface area contributed by atoms with E-state index in [2.05, 4.69) is 22.0 Å². The number of carbonyl (C=O) groups is 1. The highest BCUT2D eigenvalue weighted by atomic mass is 16.2. The van der Waals surface area contributed by atoms with Crippen LogP contribution in [0.5, 0.6) is 0 Å². The van der Waals surface area contributed by atoms with E-state index in [1.54, 1.807) is 0 Å². The average molecular weight is 249 g/mol. The fourth-order valence-electron chi connectivity index (χ4n) is 2.88. The second kappa shape index (κ2) is 5.55. The Bertz CT molecular complexity index is 405. The number of carbonyl (C=O) groups excluding carboxylic acids is 1. The normalized spacial score (nSPS) is 20.8. The standard InChI is InChI=1S/C14H23N3O/c1-4-12-8-6-5-7-9-17(12)14(18)13-10(2)15-16-11(13)3/h12H,4-9H2,1-3H3,(H,15,16). The van der Waals surface area contributed by atoms with Crippen LogP contribution in [-0.4, -0.2) is 33.6 Å². The Labute approximate surface area is 109 Å². The summed E-state index contributed by atoms with van der Waals surface area (Å²) in [5.41, 5.74) is 2.48. The van der Waals surface area contributed by atoms with Crippen LogP contribution in [0.2, 0.25) is 0 Å². The van der Waals surface area contributed by atoms with Crippen molar-refractivity contribution in [3.8, 4) is 0 Å². The quantitative estimate of drug-likeness (QED) is 0.876. The van der Waals surface area contributed by atoms with E-state index >= 15 is 0 Å². The highest BCUT2D eigenvalue weighted by molar-refractivity contribution is 5.96.